The summed E-state index contributed by atoms with van der Waals surface area (Å²) in [4.78, 5) is 1.74. The quantitative estimate of drug-likeness (QED) is 0.835. The van der Waals surface area contributed by atoms with Gasteiger partial charge >= 0.3 is 0 Å². The molecule has 0 amide bonds. The third-order valence-electron chi connectivity index (χ3n) is 2.31. The summed E-state index contributed by atoms with van der Waals surface area (Å²) >= 11 is 0. The van der Waals surface area contributed by atoms with E-state index >= 15 is 0 Å². The number of nitrogens with one attached hydrogen (secondary N) is 1. The fourth-order valence-electron chi connectivity index (χ4n) is 1.65. The van der Waals surface area contributed by atoms with E-state index in [9.17, 15) is 12.8 Å². The number of hydrogen-bond acceptors (Lipinski definition) is 4. The molecule has 0 bridgehead atoms. The number of nitrogens with two attached hydrogens (primary N) is 1. The summed E-state index contributed by atoms with van der Waals surface area (Å²) in [5.74, 6) is -0.632. The Bertz CT molecular complexity index is 517. The maximum absolute atomic E-state index is 13.7. The van der Waals surface area contributed by atoms with Gasteiger partial charge < -0.3 is 10.2 Å². The minimum Gasteiger partial charge on any atom is -0.379 e. The van der Waals surface area contributed by atoms with Gasteiger partial charge in [-0.3, -0.25) is 0 Å². The molecule has 1 aromatic carbocycles. The molecule has 0 saturated carbocycles. The predicted octanol–water partition coefficient (Wildman–Crippen LogP) is 0.835. The molecule has 0 aliphatic rings. The Morgan fingerprint density at radius 1 is 1.44 bits per heavy atom. The molecule has 7 heteroatoms. The zero-order valence-corrected chi connectivity index (χ0v) is 11.5. The van der Waals surface area contributed by atoms with Crippen LogP contribution in [0.1, 0.15) is 6.92 Å². The molecule has 0 saturated heterocycles. The van der Waals surface area contributed by atoms with Gasteiger partial charge in [0, 0.05) is 12.6 Å². The van der Waals surface area contributed by atoms with Gasteiger partial charge in [-0.15, -0.1) is 0 Å². The first-order valence-corrected chi connectivity index (χ1v) is 6.98. The highest BCUT2D eigenvalue weighted by atomic mass is 32.2. The number of likely N-dealkylation sites (N-methyl/N-ethyl adjacent to an activating group) is 1. The van der Waals surface area contributed by atoms with Crippen molar-refractivity contribution in [2.75, 3.05) is 26.0 Å². The summed E-state index contributed by atoms with van der Waals surface area (Å²) in [7, 11) is -0.0349. The van der Waals surface area contributed by atoms with E-state index in [0.29, 0.717) is 0 Å². The van der Waals surface area contributed by atoms with E-state index in [1.807, 2.05) is 25.9 Å². The maximum Gasteiger partial charge on any atom is 0.238 e. The van der Waals surface area contributed by atoms with Crippen molar-refractivity contribution >= 4 is 15.7 Å². The van der Waals surface area contributed by atoms with E-state index in [0.717, 1.165) is 12.6 Å². The van der Waals surface area contributed by atoms with Crippen LogP contribution in [0.5, 0.6) is 0 Å². The lowest BCUT2D eigenvalue weighted by atomic mass is 10.2. The van der Waals surface area contributed by atoms with Crippen LogP contribution in [0.2, 0.25) is 0 Å². The molecule has 0 heterocycles. The second-order valence-corrected chi connectivity index (χ2v) is 6.06. The van der Waals surface area contributed by atoms with E-state index in [-0.39, 0.29) is 16.6 Å². The Morgan fingerprint density at radius 3 is 2.50 bits per heavy atom. The number of hydrogen-bond donors (Lipinski definition) is 2. The first kappa shape index (κ1) is 14.9. The lowest BCUT2D eigenvalue weighted by Crippen LogP contribution is -2.30. The lowest BCUT2D eigenvalue weighted by Gasteiger charge is -2.19. The minimum atomic E-state index is -3.87. The fraction of sp³-hybridized carbons (Fsp3) is 0.455. The van der Waals surface area contributed by atoms with Crippen LogP contribution >= 0.6 is 0 Å². The van der Waals surface area contributed by atoms with Crippen LogP contribution in [0.3, 0.4) is 0 Å². The molecule has 0 aliphatic heterocycles. The molecule has 1 aromatic rings. The molecule has 3 N–H and O–H groups in total. The molecule has 1 unspecified atom stereocenters. The molecule has 0 spiro atoms. The van der Waals surface area contributed by atoms with Crippen molar-refractivity contribution in [3.05, 3.63) is 24.0 Å². The van der Waals surface area contributed by atoms with Gasteiger partial charge in [-0.25, -0.2) is 17.9 Å². The Kier molecular flexibility index (Phi) is 4.66. The largest absolute Gasteiger partial charge is 0.379 e. The number of rotatable bonds is 5. The van der Waals surface area contributed by atoms with E-state index in [1.165, 1.54) is 12.1 Å². The SMILES string of the molecule is CC(CN(C)C)Nc1ccc(S(N)(=O)=O)cc1F. The van der Waals surface area contributed by atoms with Crippen LogP contribution < -0.4 is 10.5 Å². The van der Waals surface area contributed by atoms with Crippen molar-refractivity contribution in [1.29, 1.82) is 0 Å². The number of nitrogens with zero attached hydrogens (tertiary/aromatic N) is 1. The third kappa shape index (κ3) is 4.25. The minimum absolute atomic E-state index is 0.0369. The van der Waals surface area contributed by atoms with Gasteiger partial charge in [-0.05, 0) is 39.2 Å². The highest BCUT2D eigenvalue weighted by Crippen LogP contribution is 2.18. The first-order valence-electron chi connectivity index (χ1n) is 5.44. The summed E-state index contributed by atoms with van der Waals surface area (Å²) in [5.41, 5.74) is 0.261. The van der Waals surface area contributed by atoms with Gasteiger partial charge in [0.15, 0.2) is 0 Å². The van der Waals surface area contributed by atoms with Crippen LogP contribution in [0, 0.1) is 5.82 Å². The topological polar surface area (TPSA) is 75.4 Å². The second kappa shape index (κ2) is 5.64. The fourth-order valence-corrected chi connectivity index (χ4v) is 2.17. The van der Waals surface area contributed by atoms with Gasteiger partial charge in [0.25, 0.3) is 0 Å². The lowest BCUT2D eigenvalue weighted by molar-refractivity contribution is 0.391. The molecule has 1 rings (SSSR count). The second-order valence-electron chi connectivity index (χ2n) is 4.49. The van der Waals surface area contributed by atoms with Crippen LogP contribution in [-0.2, 0) is 10.0 Å². The average Bonchev–Trinajstić information content (AvgIpc) is 2.18. The molecule has 0 aliphatic carbocycles. The number of anilines is 1. The summed E-state index contributed by atoms with van der Waals surface area (Å²) < 4.78 is 35.8. The highest BCUT2D eigenvalue weighted by Gasteiger charge is 2.13. The summed E-state index contributed by atoms with van der Waals surface area (Å²) in [6.45, 7) is 2.64. The summed E-state index contributed by atoms with van der Waals surface area (Å²) in [6, 6.07) is 3.61. The normalized spacial score (nSPS) is 13.7. The van der Waals surface area contributed by atoms with Crippen molar-refractivity contribution in [2.24, 2.45) is 5.14 Å². The highest BCUT2D eigenvalue weighted by molar-refractivity contribution is 7.89. The zero-order valence-electron chi connectivity index (χ0n) is 10.6. The Morgan fingerprint density at radius 2 is 2.06 bits per heavy atom. The van der Waals surface area contributed by atoms with Crippen LogP contribution in [-0.4, -0.2) is 40.0 Å². The summed E-state index contributed by atoms with van der Waals surface area (Å²) in [5, 5.41) is 7.89. The molecule has 0 radical (unpaired) electrons. The van der Waals surface area contributed by atoms with Gasteiger partial charge in [-0.1, -0.05) is 0 Å². The van der Waals surface area contributed by atoms with Gasteiger partial charge in [0.1, 0.15) is 5.82 Å². The smallest absolute Gasteiger partial charge is 0.238 e. The number of sulfonamides is 1. The van der Waals surface area contributed by atoms with Gasteiger partial charge in [-0.2, -0.15) is 0 Å². The average molecular weight is 275 g/mol. The molecule has 1 atom stereocenters. The zero-order chi connectivity index (χ0) is 13.9. The number of benzene rings is 1. The maximum atomic E-state index is 13.7. The molecule has 5 nitrogen and oxygen atoms in total. The summed E-state index contributed by atoms with van der Waals surface area (Å²) in [6.07, 6.45) is 0. The Labute approximate surface area is 107 Å². The van der Waals surface area contributed by atoms with Crippen LogP contribution in [0.15, 0.2) is 23.1 Å². The van der Waals surface area contributed by atoms with Crippen molar-refractivity contribution in [1.82, 2.24) is 4.90 Å². The van der Waals surface area contributed by atoms with E-state index in [1.54, 1.807) is 0 Å². The van der Waals surface area contributed by atoms with Crippen molar-refractivity contribution in [3.63, 3.8) is 0 Å². The molecule has 0 aromatic heterocycles. The third-order valence-corrected chi connectivity index (χ3v) is 3.22. The predicted molar refractivity (Wildman–Crippen MR) is 69.4 cm³/mol. The van der Waals surface area contributed by atoms with E-state index in [4.69, 9.17) is 5.14 Å². The van der Waals surface area contributed by atoms with E-state index in [2.05, 4.69) is 5.32 Å². The standard InChI is InChI=1S/C11H18FN3O2S/c1-8(7-15(2)3)14-11-5-4-9(6-10(11)12)18(13,16)17/h4-6,8,14H,7H2,1-3H3,(H2,13,16,17). The molecule has 0 fully saturated rings. The van der Waals surface area contributed by atoms with Gasteiger partial charge in [0.2, 0.25) is 10.0 Å². The van der Waals surface area contributed by atoms with Crippen molar-refractivity contribution in [2.45, 2.75) is 17.9 Å². The Hall–Kier alpha value is -1.18. The van der Waals surface area contributed by atoms with E-state index < -0.39 is 15.8 Å². The molecule has 102 valence electrons. The molecular formula is C11H18FN3O2S. The van der Waals surface area contributed by atoms with Crippen molar-refractivity contribution < 1.29 is 12.8 Å². The first-order chi connectivity index (χ1) is 8.20. The number of halogens is 1. The Balaban J connectivity index is 2.87. The van der Waals surface area contributed by atoms with Gasteiger partial charge in [0.05, 0.1) is 10.6 Å². The van der Waals surface area contributed by atoms with Crippen LogP contribution in [0.4, 0.5) is 10.1 Å². The molecular weight excluding hydrogens is 257 g/mol. The molecule has 18 heavy (non-hydrogen) atoms. The van der Waals surface area contributed by atoms with Crippen molar-refractivity contribution in [3.8, 4) is 0 Å². The number of primary sulfonamides is 1. The monoisotopic (exact) mass is 275 g/mol. The van der Waals surface area contributed by atoms with Crippen LogP contribution in [0.25, 0.3) is 0 Å².